The lowest BCUT2D eigenvalue weighted by molar-refractivity contribution is -0.0492. The van der Waals surface area contributed by atoms with Gasteiger partial charge in [-0.2, -0.15) is 0 Å². The Labute approximate surface area is 181 Å². The van der Waals surface area contributed by atoms with Crippen LogP contribution in [0.3, 0.4) is 0 Å². The van der Waals surface area contributed by atoms with Crippen molar-refractivity contribution in [2.45, 2.75) is 31.8 Å². The van der Waals surface area contributed by atoms with Crippen LogP contribution in [-0.2, 0) is 11.4 Å². The van der Waals surface area contributed by atoms with E-state index in [1.54, 1.807) is 29.0 Å². The fraction of sp³-hybridized carbons (Fsp3) is 0.571. The van der Waals surface area contributed by atoms with E-state index in [4.69, 9.17) is 9.57 Å². The highest BCUT2D eigenvalue weighted by Crippen LogP contribution is 2.34. The number of hydrogen-bond donors (Lipinski definition) is 3. The summed E-state index contributed by atoms with van der Waals surface area (Å²) < 4.78 is 5.28. The largest absolute Gasteiger partial charge is 0.497 e. The average molecular weight is 431 g/mol. The number of methoxy groups -OCH3 is 1. The molecule has 1 aromatic rings. The zero-order chi connectivity index (χ0) is 22.0. The van der Waals surface area contributed by atoms with E-state index in [9.17, 15) is 14.4 Å². The third-order valence-corrected chi connectivity index (χ3v) is 6.41. The molecule has 0 aliphatic carbocycles. The van der Waals surface area contributed by atoms with Crippen molar-refractivity contribution in [1.82, 2.24) is 25.9 Å². The number of likely N-dealkylation sites (tertiary alicyclic amines) is 1. The van der Waals surface area contributed by atoms with Crippen molar-refractivity contribution >= 4 is 18.0 Å². The summed E-state index contributed by atoms with van der Waals surface area (Å²) in [7, 11) is 1.60. The van der Waals surface area contributed by atoms with Gasteiger partial charge in [0.15, 0.2) is 0 Å². The van der Waals surface area contributed by atoms with E-state index in [0.29, 0.717) is 56.9 Å². The van der Waals surface area contributed by atoms with E-state index < -0.39 is 11.6 Å². The van der Waals surface area contributed by atoms with Crippen molar-refractivity contribution < 1.29 is 24.0 Å². The number of carbonyl (C=O) groups is 3. The number of hydroxylamine groups is 1. The second-order valence-electron chi connectivity index (χ2n) is 8.28. The van der Waals surface area contributed by atoms with Crippen molar-refractivity contribution in [2.24, 2.45) is 5.92 Å². The van der Waals surface area contributed by atoms with Gasteiger partial charge >= 0.3 is 12.1 Å². The first-order valence-electron chi connectivity index (χ1n) is 10.6. The van der Waals surface area contributed by atoms with Crippen LogP contribution in [0.4, 0.5) is 9.59 Å². The van der Waals surface area contributed by atoms with Gasteiger partial charge in [-0.15, -0.1) is 0 Å². The summed E-state index contributed by atoms with van der Waals surface area (Å²) in [5.74, 6) is 0.708. The third-order valence-electron chi connectivity index (χ3n) is 6.41. The van der Waals surface area contributed by atoms with Gasteiger partial charge in [-0.05, 0) is 49.4 Å². The second-order valence-corrected chi connectivity index (χ2v) is 8.28. The smallest absolute Gasteiger partial charge is 0.339 e. The van der Waals surface area contributed by atoms with Crippen molar-refractivity contribution in [1.29, 1.82) is 0 Å². The van der Waals surface area contributed by atoms with E-state index in [0.717, 1.165) is 5.56 Å². The van der Waals surface area contributed by atoms with Crippen LogP contribution >= 0.6 is 0 Å². The minimum Gasteiger partial charge on any atom is -0.497 e. The number of ether oxygens (including phenoxy) is 1. The first-order valence-corrected chi connectivity index (χ1v) is 10.6. The number of nitrogens with one attached hydrogen (secondary N) is 3. The van der Waals surface area contributed by atoms with Crippen LogP contribution in [0.1, 0.15) is 35.7 Å². The molecular formula is C21H29N5O5. The number of hydrogen-bond acceptors (Lipinski definition) is 5. The molecule has 3 aliphatic heterocycles. The first-order chi connectivity index (χ1) is 15.0. The molecule has 2 saturated heterocycles. The van der Waals surface area contributed by atoms with Crippen molar-refractivity contribution in [3.8, 4) is 5.75 Å². The Bertz CT molecular complexity index is 870. The molecule has 2 fully saturated rings. The highest BCUT2D eigenvalue weighted by atomic mass is 16.7. The topological polar surface area (TPSA) is 112 Å². The standard InChI is InChI=1S/C21H29N5O5/c1-3-22-20(29)25-8-6-15(7-9-25)21(13-31-24-19(28)23-21)12-26-11-14-10-16(30-2)4-5-17(14)18(26)27/h4-5,10,15H,3,6-9,11-13H2,1-2H3,(H,22,29)(H2,23,24,28). The Morgan fingerprint density at radius 2 is 2.10 bits per heavy atom. The quantitative estimate of drug-likeness (QED) is 0.646. The Hall–Kier alpha value is -3.01. The number of fused-ring (bicyclic) bond motifs is 1. The highest BCUT2D eigenvalue weighted by Gasteiger charge is 2.47. The second kappa shape index (κ2) is 8.62. The summed E-state index contributed by atoms with van der Waals surface area (Å²) in [4.78, 5) is 46.4. The Morgan fingerprint density at radius 1 is 1.32 bits per heavy atom. The molecule has 0 saturated carbocycles. The Kier molecular flexibility index (Phi) is 5.90. The van der Waals surface area contributed by atoms with E-state index >= 15 is 0 Å². The number of rotatable bonds is 5. The summed E-state index contributed by atoms with van der Waals surface area (Å²) in [6.07, 6.45) is 1.42. The summed E-state index contributed by atoms with van der Waals surface area (Å²) in [5.41, 5.74) is 3.18. The van der Waals surface area contributed by atoms with Crippen LogP contribution in [-0.4, -0.2) is 73.2 Å². The lowest BCUT2D eigenvalue weighted by Gasteiger charge is -2.47. The van der Waals surface area contributed by atoms with Crippen LogP contribution in [0.15, 0.2) is 18.2 Å². The van der Waals surface area contributed by atoms with Crippen LogP contribution in [0.5, 0.6) is 5.75 Å². The van der Waals surface area contributed by atoms with Gasteiger partial charge in [0, 0.05) is 38.3 Å². The number of piperidine rings is 1. The predicted molar refractivity (Wildman–Crippen MR) is 111 cm³/mol. The molecule has 5 amide bonds. The summed E-state index contributed by atoms with van der Waals surface area (Å²) in [6, 6.07) is 4.96. The van der Waals surface area contributed by atoms with Crippen LogP contribution in [0, 0.1) is 5.92 Å². The SMILES string of the molecule is CCNC(=O)N1CCC(C2(CN3Cc4cc(OC)ccc4C3=O)CONC(=O)N2)CC1. The van der Waals surface area contributed by atoms with E-state index in [2.05, 4.69) is 16.1 Å². The maximum Gasteiger partial charge on any atom is 0.339 e. The molecule has 3 heterocycles. The minimum absolute atomic E-state index is 0.0651. The average Bonchev–Trinajstić information content (AvgIpc) is 3.08. The summed E-state index contributed by atoms with van der Waals surface area (Å²) in [5, 5.41) is 5.88. The normalized spacial score (nSPS) is 23.8. The predicted octanol–water partition coefficient (Wildman–Crippen LogP) is 1.08. The number of carbonyl (C=O) groups excluding carboxylic acids is 3. The Morgan fingerprint density at radius 3 is 2.77 bits per heavy atom. The zero-order valence-corrected chi connectivity index (χ0v) is 17.9. The zero-order valence-electron chi connectivity index (χ0n) is 17.9. The van der Waals surface area contributed by atoms with Gasteiger partial charge in [0.25, 0.3) is 5.91 Å². The number of benzene rings is 1. The van der Waals surface area contributed by atoms with Crippen LogP contribution in [0.2, 0.25) is 0 Å². The molecule has 0 spiro atoms. The van der Waals surface area contributed by atoms with Gasteiger partial charge < -0.3 is 25.2 Å². The van der Waals surface area contributed by atoms with Gasteiger partial charge in [-0.25, -0.2) is 15.1 Å². The van der Waals surface area contributed by atoms with E-state index in [1.165, 1.54) is 0 Å². The maximum atomic E-state index is 13.0. The summed E-state index contributed by atoms with van der Waals surface area (Å²) in [6.45, 7) is 4.69. The molecule has 4 rings (SSSR count). The molecule has 3 N–H and O–H groups in total. The fourth-order valence-electron chi connectivity index (χ4n) is 4.80. The number of amides is 5. The highest BCUT2D eigenvalue weighted by molar-refractivity contribution is 5.98. The molecule has 10 heteroatoms. The molecule has 0 radical (unpaired) electrons. The van der Waals surface area contributed by atoms with Crippen molar-refractivity contribution in [2.75, 3.05) is 39.9 Å². The molecule has 1 unspecified atom stereocenters. The molecule has 3 aliphatic rings. The van der Waals surface area contributed by atoms with E-state index in [1.807, 2.05) is 13.0 Å². The minimum atomic E-state index is -0.725. The van der Waals surface area contributed by atoms with Gasteiger partial charge in [0.2, 0.25) is 0 Å². The monoisotopic (exact) mass is 431 g/mol. The molecule has 168 valence electrons. The molecule has 1 aromatic carbocycles. The van der Waals surface area contributed by atoms with Gasteiger partial charge in [-0.3, -0.25) is 9.63 Å². The molecule has 10 nitrogen and oxygen atoms in total. The van der Waals surface area contributed by atoms with Gasteiger partial charge in [-0.1, -0.05) is 0 Å². The van der Waals surface area contributed by atoms with Gasteiger partial charge in [0.1, 0.15) is 5.75 Å². The van der Waals surface area contributed by atoms with Crippen molar-refractivity contribution in [3.63, 3.8) is 0 Å². The molecule has 0 bridgehead atoms. The number of urea groups is 2. The Balaban J connectivity index is 1.51. The molecule has 31 heavy (non-hydrogen) atoms. The fourth-order valence-corrected chi connectivity index (χ4v) is 4.80. The molecular weight excluding hydrogens is 402 g/mol. The lowest BCUT2D eigenvalue weighted by Crippen LogP contribution is -2.69. The number of nitrogens with zero attached hydrogens (tertiary/aromatic N) is 2. The van der Waals surface area contributed by atoms with E-state index in [-0.39, 0.29) is 24.5 Å². The lowest BCUT2D eigenvalue weighted by atomic mass is 9.77. The summed E-state index contributed by atoms with van der Waals surface area (Å²) >= 11 is 0. The van der Waals surface area contributed by atoms with Crippen LogP contribution < -0.4 is 20.9 Å². The van der Waals surface area contributed by atoms with Crippen molar-refractivity contribution in [3.05, 3.63) is 29.3 Å². The van der Waals surface area contributed by atoms with Gasteiger partial charge in [0.05, 0.1) is 19.3 Å². The third kappa shape index (κ3) is 4.12. The van der Waals surface area contributed by atoms with Crippen LogP contribution in [0.25, 0.3) is 0 Å². The maximum absolute atomic E-state index is 13.0. The molecule has 0 aromatic heterocycles. The first kappa shape index (κ1) is 21.2. The molecule has 1 atom stereocenters.